The van der Waals surface area contributed by atoms with Gasteiger partial charge in [0.25, 0.3) is 0 Å². The van der Waals surface area contributed by atoms with E-state index in [0.29, 0.717) is 0 Å². The number of hydrogen-bond donors (Lipinski definition) is 1. The normalized spacial score (nSPS) is 11.6. The highest BCUT2D eigenvalue weighted by Crippen LogP contribution is 2.29. The van der Waals surface area contributed by atoms with Gasteiger partial charge >= 0.3 is 0 Å². The minimum Gasteiger partial charge on any atom is -0.313 e. The lowest BCUT2D eigenvalue weighted by atomic mass is 9.82. The molecule has 1 nitrogen and oxygen atoms in total. The summed E-state index contributed by atoms with van der Waals surface area (Å²) in [6, 6.07) is 17.8. The van der Waals surface area contributed by atoms with E-state index in [4.69, 9.17) is 0 Å². The molecule has 1 N–H and O–H groups in total. The Kier molecular flexibility index (Phi) is 5.19. The fourth-order valence-corrected chi connectivity index (χ4v) is 2.45. The van der Waals surface area contributed by atoms with E-state index >= 15 is 0 Å². The van der Waals surface area contributed by atoms with E-state index in [1.807, 2.05) is 0 Å². The molecule has 0 saturated carbocycles. The van der Waals surface area contributed by atoms with Gasteiger partial charge in [-0.2, -0.15) is 0 Å². The summed E-state index contributed by atoms with van der Waals surface area (Å²) in [5.74, 6) is 0. The van der Waals surface area contributed by atoms with Gasteiger partial charge in [-0.1, -0.05) is 70.2 Å². The van der Waals surface area contributed by atoms with Crippen LogP contribution in [0.4, 0.5) is 0 Å². The van der Waals surface area contributed by atoms with Gasteiger partial charge in [-0.15, -0.1) is 0 Å². The van der Waals surface area contributed by atoms with Crippen molar-refractivity contribution in [3.05, 3.63) is 59.7 Å². The fraction of sp³-hybridized carbons (Fsp3) is 0.400. The molecule has 0 fully saturated rings. The number of nitrogens with one attached hydrogen (secondary N) is 1. The van der Waals surface area contributed by atoms with Crippen LogP contribution in [0.15, 0.2) is 48.5 Å². The molecule has 112 valence electrons. The van der Waals surface area contributed by atoms with Crippen LogP contribution in [0.5, 0.6) is 0 Å². The summed E-state index contributed by atoms with van der Waals surface area (Å²) in [4.78, 5) is 0. The smallest absolute Gasteiger partial charge is 0.0205 e. The zero-order valence-corrected chi connectivity index (χ0v) is 13.7. The molecule has 0 aliphatic carbocycles. The van der Waals surface area contributed by atoms with Gasteiger partial charge in [0.2, 0.25) is 0 Å². The molecular weight excluding hydrogens is 254 g/mol. The first-order chi connectivity index (χ1) is 10.1. The Morgan fingerprint density at radius 1 is 0.905 bits per heavy atom. The van der Waals surface area contributed by atoms with Crippen molar-refractivity contribution in [2.45, 2.75) is 46.1 Å². The van der Waals surface area contributed by atoms with Crippen LogP contribution < -0.4 is 5.32 Å². The van der Waals surface area contributed by atoms with E-state index in [1.54, 1.807) is 0 Å². The molecule has 2 aromatic carbocycles. The maximum Gasteiger partial charge on any atom is 0.0205 e. The second kappa shape index (κ2) is 6.91. The predicted octanol–water partition coefficient (Wildman–Crippen LogP) is 5.15. The summed E-state index contributed by atoms with van der Waals surface area (Å²) >= 11 is 0. The van der Waals surface area contributed by atoms with Gasteiger partial charge in [0, 0.05) is 6.54 Å². The summed E-state index contributed by atoms with van der Waals surface area (Å²) < 4.78 is 0. The molecule has 0 aliphatic heterocycles. The zero-order valence-electron chi connectivity index (χ0n) is 13.7. The summed E-state index contributed by atoms with van der Waals surface area (Å²) in [7, 11) is 0. The summed E-state index contributed by atoms with van der Waals surface area (Å²) in [6.45, 7) is 10.9. The van der Waals surface area contributed by atoms with Crippen LogP contribution in [0.1, 0.15) is 45.2 Å². The van der Waals surface area contributed by atoms with Gasteiger partial charge in [-0.05, 0) is 46.7 Å². The topological polar surface area (TPSA) is 12.0 Å². The largest absolute Gasteiger partial charge is 0.313 e. The molecule has 0 aliphatic rings. The van der Waals surface area contributed by atoms with E-state index < -0.39 is 0 Å². The lowest BCUT2D eigenvalue weighted by molar-refractivity contribution is 0.506. The van der Waals surface area contributed by atoms with E-state index in [2.05, 4.69) is 81.5 Å². The van der Waals surface area contributed by atoms with Gasteiger partial charge < -0.3 is 5.32 Å². The molecule has 0 spiro atoms. The highest BCUT2D eigenvalue weighted by molar-refractivity contribution is 5.64. The Hall–Kier alpha value is -1.60. The van der Waals surface area contributed by atoms with Crippen LogP contribution in [0.25, 0.3) is 11.1 Å². The first-order valence-electron chi connectivity index (χ1n) is 7.97. The van der Waals surface area contributed by atoms with Crippen LogP contribution in [-0.4, -0.2) is 6.54 Å². The van der Waals surface area contributed by atoms with Crippen molar-refractivity contribution in [3.63, 3.8) is 0 Å². The molecule has 1 heteroatoms. The van der Waals surface area contributed by atoms with Gasteiger partial charge in [-0.3, -0.25) is 0 Å². The molecule has 0 bridgehead atoms. The monoisotopic (exact) mass is 281 g/mol. The van der Waals surface area contributed by atoms with Crippen LogP contribution in [-0.2, 0) is 12.0 Å². The van der Waals surface area contributed by atoms with Gasteiger partial charge in [0.05, 0.1) is 0 Å². The van der Waals surface area contributed by atoms with Crippen molar-refractivity contribution >= 4 is 0 Å². The predicted molar refractivity (Wildman–Crippen MR) is 92.6 cm³/mol. The van der Waals surface area contributed by atoms with Crippen molar-refractivity contribution in [1.29, 1.82) is 0 Å². The van der Waals surface area contributed by atoms with Crippen molar-refractivity contribution in [2.24, 2.45) is 0 Å². The first-order valence-corrected chi connectivity index (χ1v) is 7.97. The van der Waals surface area contributed by atoms with E-state index in [1.165, 1.54) is 22.3 Å². The van der Waals surface area contributed by atoms with Gasteiger partial charge in [0.1, 0.15) is 0 Å². The standard InChI is InChI=1S/C20H27N/c1-5-20(3,4)19-12-10-17(11-13-19)18-9-7-8-16(14-18)15-21-6-2/h7-14,21H,5-6,15H2,1-4H3. The van der Waals surface area contributed by atoms with Crippen LogP contribution in [0.3, 0.4) is 0 Å². The molecule has 0 atom stereocenters. The molecule has 2 rings (SSSR count). The molecular formula is C20H27N. The van der Waals surface area contributed by atoms with Gasteiger partial charge in [-0.25, -0.2) is 0 Å². The SMILES string of the molecule is CCNCc1cccc(-c2ccc(C(C)(C)CC)cc2)c1. The summed E-state index contributed by atoms with van der Waals surface area (Å²) in [5, 5.41) is 3.38. The maximum absolute atomic E-state index is 3.38. The average molecular weight is 281 g/mol. The first kappa shape index (κ1) is 15.8. The second-order valence-electron chi connectivity index (χ2n) is 6.30. The number of rotatable bonds is 6. The zero-order chi connectivity index (χ0) is 15.3. The third-order valence-corrected chi connectivity index (χ3v) is 4.39. The second-order valence-corrected chi connectivity index (χ2v) is 6.30. The highest BCUT2D eigenvalue weighted by atomic mass is 14.8. The fourth-order valence-electron chi connectivity index (χ4n) is 2.45. The van der Waals surface area contributed by atoms with Crippen molar-refractivity contribution in [1.82, 2.24) is 5.32 Å². The minimum atomic E-state index is 0.255. The van der Waals surface area contributed by atoms with Gasteiger partial charge in [0.15, 0.2) is 0 Å². The Morgan fingerprint density at radius 2 is 1.62 bits per heavy atom. The average Bonchev–Trinajstić information content (AvgIpc) is 2.53. The lowest BCUT2D eigenvalue weighted by Crippen LogP contribution is -2.14. The Bertz CT molecular complexity index is 567. The molecule has 0 amide bonds. The number of benzene rings is 2. The maximum atomic E-state index is 3.38. The molecule has 0 saturated heterocycles. The van der Waals surface area contributed by atoms with E-state index in [-0.39, 0.29) is 5.41 Å². The van der Waals surface area contributed by atoms with E-state index in [0.717, 1.165) is 19.5 Å². The summed E-state index contributed by atoms with van der Waals surface area (Å²) in [6.07, 6.45) is 1.16. The van der Waals surface area contributed by atoms with E-state index in [9.17, 15) is 0 Å². The Balaban J connectivity index is 2.22. The van der Waals surface area contributed by atoms with Crippen LogP contribution in [0, 0.1) is 0 Å². The quantitative estimate of drug-likeness (QED) is 0.772. The molecule has 2 aromatic rings. The van der Waals surface area contributed by atoms with Crippen LogP contribution >= 0.6 is 0 Å². The Labute approximate surface area is 129 Å². The molecule has 0 heterocycles. The Morgan fingerprint density at radius 3 is 2.24 bits per heavy atom. The van der Waals surface area contributed by atoms with Crippen molar-refractivity contribution < 1.29 is 0 Å². The summed E-state index contributed by atoms with van der Waals surface area (Å²) in [5.41, 5.74) is 5.60. The molecule has 0 radical (unpaired) electrons. The molecule has 0 unspecified atom stereocenters. The number of hydrogen-bond acceptors (Lipinski definition) is 1. The third kappa shape index (κ3) is 3.95. The lowest BCUT2D eigenvalue weighted by Gasteiger charge is -2.23. The minimum absolute atomic E-state index is 0.255. The molecule has 0 aromatic heterocycles. The molecule has 21 heavy (non-hydrogen) atoms. The van der Waals surface area contributed by atoms with Crippen molar-refractivity contribution in [3.8, 4) is 11.1 Å². The highest BCUT2D eigenvalue weighted by Gasteiger charge is 2.17. The third-order valence-electron chi connectivity index (χ3n) is 4.39. The van der Waals surface area contributed by atoms with Crippen LogP contribution in [0.2, 0.25) is 0 Å². The van der Waals surface area contributed by atoms with Crippen molar-refractivity contribution in [2.75, 3.05) is 6.54 Å².